The Kier molecular flexibility index (Phi) is 2.54. The normalized spacial score (nSPS) is 9.64. The van der Waals surface area contributed by atoms with E-state index in [1.54, 1.807) is 0 Å². The van der Waals surface area contributed by atoms with Gasteiger partial charge in [0.1, 0.15) is 6.26 Å². The molecule has 1 aromatic rings. The number of carbonyl (C=O) groups excluding carboxylic acids is 1. The molecular weight excluding hydrogens is 168 g/mol. The van der Waals surface area contributed by atoms with Gasteiger partial charge in [0.15, 0.2) is 11.5 Å². The first-order valence-corrected chi connectivity index (χ1v) is 3.53. The first-order valence-electron chi connectivity index (χ1n) is 3.15. The lowest BCUT2D eigenvalue weighted by molar-refractivity contribution is 0.105. The number of carbonyl (C=O) groups is 1. The molecule has 0 saturated carbocycles. The van der Waals surface area contributed by atoms with Gasteiger partial charge in [-0.2, -0.15) is 0 Å². The summed E-state index contributed by atoms with van der Waals surface area (Å²) in [7, 11) is 0. The summed E-state index contributed by atoms with van der Waals surface area (Å²) < 4.78 is 9.80. The highest BCUT2D eigenvalue weighted by atomic mass is 35.5. The lowest BCUT2D eigenvalue weighted by Crippen LogP contribution is -1.88. The van der Waals surface area contributed by atoms with Gasteiger partial charge in [-0.25, -0.2) is 0 Å². The van der Waals surface area contributed by atoms with Crippen molar-refractivity contribution in [3.8, 4) is 5.75 Å². The van der Waals surface area contributed by atoms with E-state index < -0.39 is 5.24 Å². The first kappa shape index (κ1) is 8.14. The number of hydrogen-bond acceptors (Lipinski definition) is 3. The minimum atomic E-state index is -0.615. The summed E-state index contributed by atoms with van der Waals surface area (Å²) in [4.78, 5) is 10.5. The van der Waals surface area contributed by atoms with E-state index in [4.69, 9.17) is 20.8 Å². The molecule has 0 amide bonds. The maximum absolute atomic E-state index is 10.5. The zero-order chi connectivity index (χ0) is 8.27. The van der Waals surface area contributed by atoms with Crippen molar-refractivity contribution in [2.45, 2.75) is 6.92 Å². The fraction of sp³-hybridized carbons (Fsp3) is 0.286. The zero-order valence-corrected chi connectivity index (χ0v) is 6.72. The molecule has 1 aromatic heterocycles. The van der Waals surface area contributed by atoms with Crippen molar-refractivity contribution in [2.24, 2.45) is 0 Å². The topological polar surface area (TPSA) is 39.4 Å². The lowest BCUT2D eigenvalue weighted by atomic mass is 10.5. The van der Waals surface area contributed by atoms with Gasteiger partial charge in [0.2, 0.25) is 0 Å². The molecule has 0 unspecified atom stereocenters. The molecule has 60 valence electrons. The first-order chi connectivity index (χ1) is 5.24. The van der Waals surface area contributed by atoms with Gasteiger partial charge in [-0.3, -0.25) is 4.79 Å². The Hall–Kier alpha value is -0.960. The number of hydrogen-bond donors (Lipinski definition) is 0. The van der Waals surface area contributed by atoms with Crippen LogP contribution in [0.2, 0.25) is 0 Å². The van der Waals surface area contributed by atoms with Crippen LogP contribution in [0.3, 0.4) is 0 Å². The van der Waals surface area contributed by atoms with E-state index in [2.05, 4.69) is 0 Å². The molecule has 0 aliphatic rings. The molecule has 0 saturated heterocycles. The number of rotatable bonds is 3. The molecule has 1 heterocycles. The quantitative estimate of drug-likeness (QED) is 0.659. The molecule has 0 radical (unpaired) electrons. The summed E-state index contributed by atoms with van der Waals surface area (Å²) in [6.45, 7) is 2.38. The van der Waals surface area contributed by atoms with E-state index in [1.807, 2.05) is 6.92 Å². The predicted molar refractivity (Wildman–Crippen MR) is 40.1 cm³/mol. The van der Waals surface area contributed by atoms with E-state index >= 15 is 0 Å². The van der Waals surface area contributed by atoms with Crippen molar-refractivity contribution in [3.63, 3.8) is 0 Å². The average Bonchev–Trinajstić information content (AvgIpc) is 2.37. The minimum Gasteiger partial charge on any atom is -0.490 e. The molecule has 0 N–H and O–H groups in total. The predicted octanol–water partition coefficient (Wildman–Crippen LogP) is 2.06. The SMILES string of the molecule is CCOc1coc(C(=O)Cl)c1. The van der Waals surface area contributed by atoms with Crippen LogP contribution in [0.15, 0.2) is 16.7 Å². The second-order valence-corrected chi connectivity index (χ2v) is 2.20. The fourth-order valence-corrected chi connectivity index (χ4v) is 0.763. The third-order valence-corrected chi connectivity index (χ3v) is 1.27. The van der Waals surface area contributed by atoms with Crippen LogP contribution in [0, 0.1) is 0 Å². The second-order valence-electron chi connectivity index (χ2n) is 1.85. The Bertz CT molecular complexity index is 254. The summed E-state index contributed by atoms with van der Waals surface area (Å²) in [5.74, 6) is 0.631. The largest absolute Gasteiger partial charge is 0.490 e. The molecule has 0 aliphatic heterocycles. The van der Waals surface area contributed by atoms with Gasteiger partial charge in [0.05, 0.1) is 6.61 Å². The van der Waals surface area contributed by atoms with Gasteiger partial charge in [-0.1, -0.05) is 0 Å². The molecule has 0 aromatic carbocycles. The molecular formula is C7H7ClO3. The van der Waals surface area contributed by atoms with Crippen molar-refractivity contribution < 1.29 is 13.9 Å². The molecule has 1 rings (SSSR count). The van der Waals surface area contributed by atoms with Crippen LogP contribution in [-0.2, 0) is 0 Å². The highest BCUT2D eigenvalue weighted by Crippen LogP contribution is 2.16. The van der Waals surface area contributed by atoms with Gasteiger partial charge in [0, 0.05) is 6.07 Å². The zero-order valence-electron chi connectivity index (χ0n) is 5.96. The Morgan fingerprint density at radius 3 is 3.00 bits per heavy atom. The van der Waals surface area contributed by atoms with Crippen LogP contribution in [0.1, 0.15) is 17.5 Å². The number of furan rings is 1. The molecule has 0 atom stereocenters. The molecule has 0 spiro atoms. The number of halogens is 1. The Morgan fingerprint density at radius 1 is 1.82 bits per heavy atom. The maximum atomic E-state index is 10.5. The molecule has 11 heavy (non-hydrogen) atoms. The van der Waals surface area contributed by atoms with E-state index in [0.717, 1.165) is 0 Å². The van der Waals surface area contributed by atoms with Crippen molar-refractivity contribution in [1.82, 2.24) is 0 Å². The molecule has 0 aliphatic carbocycles. The third-order valence-electron chi connectivity index (χ3n) is 1.08. The van der Waals surface area contributed by atoms with E-state index in [9.17, 15) is 4.79 Å². The fourth-order valence-electron chi connectivity index (χ4n) is 0.664. The van der Waals surface area contributed by atoms with Crippen molar-refractivity contribution in [3.05, 3.63) is 18.1 Å². The van der Waals surface area contributed by atoms with Gasteiger partial charge in [-0.15, -0.1) is 0 Å². The number of ether oxygens (including phenoxy) is 1. The van der Waals surface area contributed by atoms with E-state index in [-0.39, 0.29) is 5.76 Å². The van der Waals surface area contributed by atoms with Gasteiger partial charge in [0.25, 0.3) is 5.24 Å². The lowest BCUT2D eigenvalue weighted by Gasteiger charge is -1.93. The Labute approximate surface area is 68.9 Å². The van der Waals surface area contributed by atoms with Gasteiger partial charge >= 0.3 is 0 Å². The van der Waals surface area contributed by atoms with E-state index in [1.165, 1.54) is 12.3 Å². The summed E-state index contributed by atoms with van der Waals surface area (Å²) in [5, 5.41) is -0.615. The van der Waals surface area contributed by atoms with Crippen LogP contribution in [0.4, 0.5) is 0 Å². The Morgan fingerprint density at radius 2 is 2.55 bits per heavy atom. The van der Waals surface area contributed by atoms with Crippen LogP contribution in [0.25, 0.3) is 0 Å². The molecule has 3 nitrogen and oxygen atoms in total. The maximum Gasteiger partial charge on any atom is 0.287 e. The summed E-state index contributed by atoms with van der Waals surface area (Å²) in [5.41, 5.74) is 0. The van der Waals surface area contributed by atoms with Crippen LogP contribution in [-0.4, -0.2) is 11.8 Å². The van der Waals surface area contributed by atoms with Crippen LogP contribution in [0.5, 0.6) is 5.75 Å². The standard InChI is InChI=1S/C7H7ClO3/c1-2-10-5-3-6(7(8)9)11-4-5/h3-4H,2H2,1H3. The summed E-state index contributed by atoms with van der Waals surface area (Å²) in [6, 6.07) is 1.46. The van der Waals surface area contributed by atoms with Gasteiger partial charge in [-0.05, 0) is 18.5 Å². The van der Waals surface area contributed by atoms with Crippen molar-refractivity contribution >= 4 is 16.8 Å². The summed E-state index contributed by atoms with van der Waals surface area (Å²) >= 11 is 5.13. The molecule has 0 bridgehead atoms. The van der Waals surface area contributed by atoms with Crippen molar-refractivity contribution in [2.75, 3.05) is 6.61 Å². The Balaban J connectivity index is 2.73. The second kappa shape index (κ2) is 3.44. The van der Waals surface area contributed by atoms with Crippen LogP contribution < -0.4 is 4.74 Å². The smallest absolute Gasteiger partial charge is 0.287 e. The van der Waals surface area contributed by atoms with E-state index in [0.29, 0.717) is 12.4 Å². The van der Waals surface area contributed by atoms with Crippen LogP contribution >= 0.6 is 11.6 Å². The van der Waals surface area contributed by atoms with Gasteiger partial charge < -0.3 is 9.15 Å². The monoisotopic (exact) mass is 174 g/mol. The average molecular weight is 175 g/mol. The highest BCUT2D eigenvalue weighted by Gasteiger charge is 2.07. The summed E-state index contributed by atoms with van der Waals surface area (Å²) in [6.07, 6.45) is 1.35. The molecule has 4 heteroatoms. The highest BCUT2D eigenvalue weighted by molar-refractivity contribution is 6.67. The van der Waals surface area contributed by atoms with Crippen molar-refractivity contribution in [1.29, 1.82) is 0 Å². The minimum absolute atomic E-state index is 0.107. The molecule has 0 fully saturated rings. The third kappa shape index (κ3) is 1.98.